The van der Waals surface area contributed by atoms with Gasteiger partial charge >= 0.3 is 13.3 Å². The van der Waals surface area contributed by atoms with Crippen LogP contribution in [0.4, 0.5) is 0 Å². The molecule has 0 radical (unpaired) electrons. The molecule has 0 N–H and O–H groups in total. The van der Waals surface area contributed by atoms with Gasteiger partial charge in [-0.1, -0.05) is 114 Å². The summed E-state index contributed by atoms with van der Waals surface area (Å²) < 4.78 is 31.6. The van der Waals surface area contributed by atoms with Crippen LogP contribution in [0, 0.1) is 0 Å². The molecule has 1 heterocycles. The van der Waals surface area contributed by atoms with Gasteiger partial charge in [-0.2, -0.15) is 0 Å². The van der Waals surface area contributed by atoms with Crippen molar-refractivity contribution in [1.82, 2.24) is 8.66 Å². The molecule has 0 saturated carbocycles. The van der Waals surface area contributed by atoms with Crippen molar-refractivity contribution < 1.29 is 9.13 Å². The lowest BCUT2D eigenvalue weighted by atomic mass is 10.2. The number of para-hydroxylation sites is 1. The molecule has 0 aliphatic rings. The van der Waals surface area contributed by atoms with Gasteiger partial charge in [0, 0.05) is 10.6 Å². The van der Waals surface area contributed by atoms with E-state index in [1.165, 1.54) is 4.33 Å². The molecular formula is C28H23N2O3P2+. The van der Waals surface area contributed by atoms with Crippen LogP contribution in [0.3, 0.4) is 0 Å². The largest absolute Gasteiger partial charge is 0.603 e. The number of hydrogen-bond donors (Lipinski definition) is 0. The van der Waals surface area contributed by atoms with Crippen molar-refractivity contribution in [3.8, 4) is 5.69 Å². The average molecular weight is 497 g/mol. The number of benzene rings is 4. The van der Waals surface area contributed by atoms with E-state index in [9.17, 15) is 9.36 Å². The molecule has 0 saturated heterocycles. The minimum absolute atomic E-state index is 0.129. The molecule has 5 aromatic rings. The summed E-state index contributed by atoms with van der Waals surface area (Å²) in [5.41, 5.74) is 0.913. The van der Waals surface area contributed by atoms with Crippen LogP contribution in [0.25, 0.3) is 5.69 Å². The average Bonchev–Trinajstić information content (AvgIpc) is 2.92. The molecule has 0 fully saturated rings. The first-order chi connectivity index (χ1) is 17.1. The topological polar surface area (TPSA) is 61.1 Å². The third-order valence-electron chi connectivity index (χ3n) is 5.84. The van der Waals surface area contributed by atoms with Crippen LogP contribution < -0.4 is 21.5 Å². The van der Waals surface area contributed by atoms with E-state index in [4.69, 9.17) is 0 Å². The van der Waals surface area contributed by atoms with Gasteiger partial charge in [0.1, 0.15) is 5.30 Å². The lowest BCUT2D eigenvalue weighted by molar-refractivity contribution is 0.578. The summed E-state index contributed by atoms with van der Waals surface area (Å²) in [6, 6.07) is 36.6. The smallest absolute Gasteiger partial charge is 0.308 e. The summed E-state index contributed by atoms with van der Waals surface area (Å²) in [5.74, 6) is 0. The molecule has 1 unspecified atom stereocenters. The molecule has 0 bridgehead atoms. The fraction of sp³-hybridized carbons (Fsp3) is 0.0357. The molecule has 5 nitrogen and oxygen atoms in total. The Bertz CT molecular complexity index is 1570. The molecule has 4 aromatic carbocycles. The van der Waals surface area contributed by atoms with E-state index < -0.39 is 20.4 Å². The summed E-state index contributed by atoms with van der Waals surface area (Å²) >= 11 is 0. The minimum atomic E-state index is -3.58. The molecule has 0 aliphatic carbocycles. The number of rotatable bonds is 6. The maximum atomic E-state index is 15.0. The Hall–Kier alpha value is -3.78. The maximum absolute atomic E-state index is 15.0. The van der Waals surface area contributed by atoms with Gasteiger partial charge in [-0.25, -0.2) is 0 Å². The summed E-state index contributed by atoms with van der Waals surface area (Å²) in [5, 5.41) is 1.23. The number of aromatic nitrogens is 2. The van der Waals surface area contributed by atoms with Crippen LogP contribution in [0.2, 0.25) is 0 Å². The Labute approximate surface area is 204 Å². The van der Waals surface area contributed by atoms with Crippen molar-refractivity contribution in [3.05, 3.63) is 143 Å². The zero-order valence-corrected chi connectivity index (χ0v) is 20.6. The highest BCUT2D eigenvalue weighted by Gasteiger charge is 2.37. The molecule has 5 rings (SSSR count). The molecule has 0 amide bonds. The van der Waals surface area contributed by atoms with Gasteiger partial charge in [0.05, 0.1) is 18.4 Å². The highest BCUT2D eigenvalue weighted by Crippen LogP contribution is 2.41. The van der Waals surface area contributed by atoms with Gasteiger partial charge in [-0.05, 0) is 22.3 Å². The predicted octanol–water partition coefficient (Wildman–Crippen LogP) is 5.07. The van der Waals surface area contributed by atoms with Crippen molar-refractivity contribution in [1.29, 1.82) is 0 Å². The van der Waals surface area contributed by atoms with E-state index in [0.717, 1.165) is 5.56 Å². The Morgan fingerprint density at radius 1 is 0.657 bits per heavy atom. The summed E-state index contributed by atoms with van der Waals surface area (Å²) in [6.45, 7) is 0.305. The van der Waals surface area contributed by atoms with Gasteiger partial charge in [0.25, 0.3) is 0 Å². The molecule has 1 aromatic heterocycles. The standard InChI is InChI=1S/C28H23N2O3P2/c31-28-27(35(33,25-17-9-3-10-18-25)26-19-11-4-12-20-26)22-29(21-23-13-5-1-6-14-23)34(32)30(28)24-15-7-2-8-16-24/h1-20,22H,21H2/q+1. The minimum Gasteiger partial charge on any atom is -0.308 e. The van der Waals surface area contributed by atoms with Crippen LogP contribution in [-0.4, -0.2) is 8.66 Å². The number of nitrogens with zero attached hydrogens (tertiary/aromatic N) is 2. The van der Waals surface area contributed by atoms with E-state index in [1.54, 1.807) is 59.1 Å². The van der Waals surface area contributed by atoms with Crippen LogP contribution >= 0.6 is 14.9 Å². The maximum Gasteiger partial charge on any atom is 0.603 e. The third kappa shape index (κ3) is 4.37. The van der Waals surface area contributed by atoms with E-state index >= 15 is 4.57 Å². The lowest BCUT2D eigenvalue weighted by Crippen LogP contribution is -2.39. The third-order valence-corrected chi connectivity index (χ3v) is 10.3. The van der Waals surface area contributed by atoms with Gasteiger partial charge < -0.3 is 4.57 Å². The van der Waals surface area contributed by atoms with Crippen molar-refractivity contribution in [2.45, 2.75) is 6.54 Å². The van der Waals surface area contributed by atoms with Crippen LogP contribution in [-0.2, 0) is 15.7 Å². The molecule has 1 atom stereocenters. The summed E-state index contributed by atoms with van der Waals surface area (Å²) in [6.07, 6.45) is 1.55. The first-order valence-corrected chi connectivity index (χ1v) is 14.1. The fourth-order valence-corrected chi connectivity index (χ4v) is 8.33. The lowest BCUT2D eigenvalue weighted by Gasteiger charge is -2.19. The Balaban J connectivity index is 1.85. The number of hydrogen-bond acceptors (Lipinski definition) is 3. The first kappa shape index (κ1) is 23.0. The zero-order valence-electron chi connectivity index (χ0n) is 18.8. The van der Waals surface area contributed by atoms with Gasteiger partial charge in [0.15, 0.2) is 7.14 Å². The molecule has 172 valence electrons. The second kappa shape index (κ2) is 9.84. The predicted molar refractivity (Wildman–Crippen MR) is 143 cm³/mol. The van der Waals surface area contributed by atoms with Crippen LogP contribution in [0.5, 0.6) is 0 Å². The van der Waals surface area contributed by atoms with E-state index in [-0.39, 0.29) is 5.30 Å². The van der Waals surface area contributed by atoms with Crippen LogP contribution in [0.15, 0.2) is 132 Å². The summed E-state index contributed by atoms with van der Waals surface area (Å²) in [4.78, 5) is 14.0. The molecular weight excluding hydrogens is 474 g/mol. The Morgan fingerprint density at radius 2 is 1.11 bits per heavy atom. The molecule has 0 aliphatic heterocycles. The van der Waals surface area contributed by atoms with E-state index in [2.05, 4.69) is 0 Å². The second-order valence-electron chi connectivity index (χ2n) is 8.08. The van der Waals surface area contributed by atoms with Crippen molar-refractivity contribution in [2.75, 3.05) is 0 Å². The van der Waals surface area contributed by atoms with Gasteiger partial charge in [0.2, 0.25) is 0 Å². The fourth-order valence-electron chi connectivity index (χ4n) is 4.13. The normalized spacial score (nSPS) is 11.8. The van der Waals surface area contributed by atoms with E-state index in [0.29, 0.717) is 22.8 Å². The quantitative estimate of drug-likeness (QED) is 0.308. The summed E-state index contributed by atoms with van der Waals surface area (Å²) in [7, 11) is -5.88. The Morgan fingerprint density at radius 3 is 1.63 bits per heavy atom. The molecule has 7 heteroatoms. The van der Waals surface area contributed by atoms with Crippen molar-refractivity contribution in [3.63, 3.8) is 0 Å². The Kier molecular flexibility index (Phi) is 6.46. The second-order valence-corrected chi connectivity index (χ2v) is 12.2. The molecule has 0 spiro atoms. The molecule has 35 heavy (non-hydrogen) atoms. The van der Waals surface area contributed by atoms with Gasteiger partial charge in [-0.15, -0.1) is 4.33 Å². The van der Waals surface area contributed by atoms with Crippen LogP contribution in [0.1, 0.15) is 5.56 Å². The monoisotopic (exact) mass is 497 g/mol. The first-order valence-electron chi connectivity index (χ1n) is 11.2. The van der Waals surface area contributed by atoms with E-state index in [1.807, 2.05) is 72.8 Å². The zero-order chi connectivity index (χ0) is 24.3. The van der Waals surface area contributed by atoms with Crippen molar-refractivity contribution in [2.24, 2.45) is 0 Å². The van der Waals surface area contributed by atoms with Gasteiger partial charge in [-0.3, -0.25) is 4.79 Å². The highest BCUT2D eigenvalue weighted by atomic mass is 31.2. The highest BCUT2D eigenvalue weighted by molar-refractivity contribution is 7.85. The SMILES string of the molecule is O=c1c(P(=O)(c2ccccc2)c2ccccc2)cn(Cc2ccccc2)[p+](=O)n1-c1ccccc1. The van der Waals surface area contributed by atoms with Crippen molar-refractivity contribution >= 4 is 30.8 Å².